The van der Waals surface area contributed by atoms with Crippen LogP contribution in [0.1, 0.15) is 25.7 Å². The molecule has 1 N–H and O–H groups in total. The van der Waals surface area contributed by atoms with E-state index in [0.29, 0.717) is 17.3 Å². The lowest BCUT2D eigenvalue weighted by molar-refractivity contribution is 0.558. The Morgan fingerprint density at radius 2 is 2.25 bits per heavy atom. The lowest BCUT2D eigenvalue weighted by Gasteiger charge is -2.07. The Morgan fingerprint density at radius 3 is 2.83 bits per heavy atom. The molecule has 0 unspecified atom stereocenters. The Bertz CT molecular complexity index is 255. The van der Waals surface area contributed by atoms with Crippen LogP contribution in [0.25, 0.3) is 0 Å². The van der Waals surface area contributed by atoms with Gasteiger partial charge in [0.2, 0.25) is 5.22 Å². The summed E-state index contributed by atoms with van der Waals surface area (Å²) in [5, 5.41) is 3.54. The van der Waals surface area contributed by atoms with Crippen LogP contribution in [-0.4, -0.2) is 11.0 Å². The second-order valence-corrected chi connectivity index (χ2v) is 3.47. The molecule has 0 radical (unpaired) electrons. The van der Waals surface area contributed by atoms with Gasteiger partial charge in [0.15, 0.2) is 0 Å². The number of hydrogen-bond donors (Lipinski definition) is 1. The molecule has 1 aliphatic rings. The van der Waals surface area contributed by atoms with E-state index < -0.39 is 0 Å². The van der Waals surface area contributed by atoms with Gasteiger partial charge in [-0.15, -0.1) is 0 Å². The maximum atomic E-state index is 5.58. The first kappa shape index (κ1) is 7.92. The third kappa shape index (κ3) is 1.72. The molecule has 0 bridgehead atoms. The highest BCUT2D eigenvalue weighted by molar-refractivity contribution is 6.28. The molecule has 1 aromatic heterocycles. The van der Waals surface area contributed by atoms with Crippen molar-refractivity contribution in [1.29, 1.82) is 0 Å². The van der Waals surface area contributed by atoms with E-state index in [-0.39, 0.29) is 0 Å². The predicted octanol–water partition coefficient (Wildman–Crippen LogP) is 2.68. The van der Waals surface area contributed by atoms with Gasteiger partial charge in [0.1, 0.15) is 0 Å². The van der Waals surface area contributed by atoms with Gasteiger partial charge in [-0.25, -0.2) is 4.98 Å². The second-order valence-electron chi connectivity index (χ2n) is 3.10. The van der Waals surface area contributed by atoms with Gasteiger partial charge >= 0.3 is 0 Å². The van der Waals surface area contributed by atoms with Crippen LogP contribution in [-0.2, 0) is 0 Å². The molecule has 12 heavy (non-hydrogen) atoms. The number of oxazole rings is 1. The van der Waals surface area contributed by atoms with Gasteiger partial charge in [-0.1, -0.05) is 12.8 Å². The number of hydrogen-bond acceptors (Lipinski definition) is 3. The molecular formula is C8H11ClN2O. The quantitative estimate of drug-likeness (QED) is 0.772. The minimum atomic E-state index is 0.343. The SMILES string of the molecule is Clc1cnc(NC2CCCC2)o1. The molecule has 2 rings (SSSR count). The van der Waals surface area contributed by atoms with Crippen LogP contribution in [0.15, 0.2) is 10.6 Å². The summed E-state index contributed by atoms with van der Waals surface area (Å²) >= 11 is 5.58. The summed E-state index contributed by atoms with van der Waals surface area (Å²) in [6.07, 6.45) is 6.52. The van der Waals surface area contributed by atoms with Gasteiger partial charge < -0.3 is 9.73 Å². The van der Waals surface area contributed by atoms with Crippen molar-refractivity contribution >= 4 is 17.6 Å². The Balaban J connectivity index is 1.94. The molecule has 1 aromatic rings. The van der Waals surface area contributed by atoms with Gasteiger partial charge in [-0.05, 0) is 24.4 Å². The molecule has 66 valence electrons. The molecule has 1 heterocycles. The van der Waals surface area contributed by atoms with Crippen molar-refractivity contribution in [1.82, 2.24) is 4.98 Å². The van der Waals surface area contributed by atoms with Crippen molar-refractivity contribution in [3.63, 3.8) is 0 Å². The van der Waals surface area contributed by atoms with Crippen molar-refractivity contribution in [2.24, 2.45) is 0 Å². The Labute approximate surface area is 76.1 Å². The third-order valence-electron chi connectivity index (χ3n) is 2.16. The van der Waals surface area contributed by atoms with Gasteiger partial charge in [0.25, 0.3) is 6.01 Å². The molecule has 1 saturated carbocycles. The maximum Gasteiger partial charge on any atom is 0.296 e. The van der Waals surface area contributed by atoms with Crippen LogP contribution >= 0.6 is 11.6 Å². The van der Waals surface area contributed by atoms with Crippen molar-refractivity contribution < 1.29 is 4.42 Å². The van der Waals surface area contributed by atoms with Gasteiger partial charge in [0, 0.05) is 6.04 Å². The Kier molecular flexibility index (Phi) is 2.21. The summed E-state index contributed by atoms with van der Waals surface area (Å²) < 4.78 is 5.09. The molecule has 0 amide bonds. The molecule has 0 spiro atoms. The number of halogens is 1. The minimum absolute atomic E-state index is 0.343. The molecule has 0 saturated heterocycles. The molecule has 1 aliphatic carbocycles. The number of nitrogens with zero attached hydrogens (tertiary/aromatic N) is 1. The fraction of sp³-hybridized carbons (Fsp3) is 0.625. The molecule has 1 fully saturated rings. The zero-order valence-electron chi connectivity index (χ0n) is 6.72. The molecule has 4 heteroatoms. The zero-order chi connectivity index (χ0) is 8.39. The highest BCUT2D eigenvalue weighted by Crippen LogP contribution is 2.22. The van der Waals surface area contributed by atoms with Crippen LogP contribution in [0.2, 0.25) is 5.22 Å². The summed E-state index contributed by atoms with van der Waals surface area (Å²) in [5.41, 5.74) is 0. The van der Waals surface area contributed by atoms with Crippen LogP contribution in [0.3, 0.4) is 0 Å². The first-order valence-corrected chi connectivity index (χ1v) is 4.60. The molecular weight excluding hydrogens is 176 g/mol. The number of rotatable bonds is 2. The summed E-state index contributed by atoms with van der Waals surface area (Å²) in [7, 11) is 0. The van der Waals surface area contributed by atoms with E-state index in [1.807, 2.05) is 0 Å². The first-order valence-electron chi connectivity index (χ1n) is 4.22. The van der Waals surface area contributed by atoms with Gasteiger partial charge in [0.05, 0.1) is 6.20 Å². The summed E-state index contributed by atoms with van der Waals surface area (Å²) in [4.78, 5) is 3.97. The second kappa shape index (κ2) is 3.35. The van der Waals surface area contributed by atoms with Gasteiger partial charge in [-0.3, -0.25) is 0 Å². The summed E-state index contributed by atoms with van der Waals surface area (Å²) in [5.74, 6) is 0. The highest BCUT2D eigenvalue weighted by atomic mass is 35.5. The first-order chi connectivity index (χ1) is 5.84. The van der Waals surface area contributed by atoms with E-state index in [1.54, 1.807) is 0 Å². The van der Waals surface area contributed by atoms with E-state index in [4.69, 9.17) is 16.0 Å². The average molecular weight is 187 g/mol. The van der Waals surface area contributed by atoms with Crippen molar-refractivity contribution in [3.8, 4) is 0 Å². The van der Waals surface area contributed by atoms with E-state index in [1.165, 1.54) is 31.9 Å². The fourth-order valence-electron chi connectivity index (χ4n) is 1.57. The van der Waals surface area contributed by atoms with E-state index in [9.17, 15) is 0 Å². The lowest BCUT2D eigenvalue weighted by atomic mass is 10.3. The maximum absolute atomic E-state index is 5.58. The van der Waals surface area contributed by atoms with E-state index in [2.05, 4.69) is 10.3 Å². The summed E-state index contributed by atoms with van der Waals surface area (Å²) in [6, 6.07) is 1.08. The Morgan fingerprint density at radius 1 is 1.50 bits per heavy atom. The van der Waals surface area contributed by atoms with Crippen molar-refractivity contribution in [2.75, 3.05) is 5.32 Å². The average Bonchev–Trinajstić information content (AvgIpc) is 2.63. The third-order valence-corrected chi connectivity index (χ3v) is 2.33. The van der Waals surface area contributed by atoms with Crippen molar-refractivity contribution in [3.05, 3.63) is 11.4 Å². The number of anilines is 1. The smallest absolute Gasteiger partial charge is 0.296 e. The van der Waals surface area contributed by atoms with Crippen LogP contribution < -0.4 is 5.32 Å². The van der Waals surface area contributed by atoms with E-state index in [0.717, 1.165) is 0 Å². The molecule has 0 atom stereocenters. The van der Waals surface area contributed by atoms with Crippen LogP contribution in [0.5, 0.6) is 0 Å². The normalized spacial score (nSPS) is 18.4. The molecule has 3 nitrogen and oxygen atoms in total. The highest BCUT2D eigenvalue weighted by Gasteiger charge is 2.16. The minimum Gasteiger partial charge on any atom is -0.412 e. The monoisotopic (exact) mass is 186 g/mol. The number of nitrogens with one attached hydrogen (secondary N) is 1. The van der Waals surface area contributed by atoms with Crippen LogP contribution in [0.4, 0.5) is 6.01 Å². The predicted molar refractivity (Wildman–Crippen MR) is 47.4 cm³/mol. The summed E-state index contributed by atoms with van der Waals surface area (Å²) in [6.45, 7) is 0. The van der Waals surface area contributed by atoms with Crippen LogP contribution in [0, 0.1) is 0 Å². The largest absolute Gasteiger partial charge is 0.412 e. The Hall–Kier alpha value is -0.700. The van der Waals surface area contributed by atoms with Crippen molar-refractivity contribution in [2.45, 2.75) is 31.7 Å². The standard InChI is InChI=1S/C8H11ClN2O/c9-7-5-10-8(12-7)11-6-3-1-2-4-6/h5-6H,1-4H2,(H,10,11). The van der Waals surface area contributed by atoms with E-state index >= 15 is 0 Å². The lowest BCUT2D eigenvalue weighted by Crippen LogP contribution is -2.14. The molecule has 0 aromatic carbocycles. The number of aromatic nitrogens is 1. The fourth-order valence-corrected chi connectivity index (χ4v) is 1.69. The zero-order valence-corrected chi connectivity index (χ0v) is 7.47. The van der Waals surface area contributed by atoms with Gasteiger partial charge in [-0.2, -0.15) is 0 Å². The molecule has 0 aliphatic heterocycles. The topological polar surface area (TPSA) is 38.1 Å².